The largest absolute Gasteiger partial charge is 0.392 e. The lowest BCUT2D eigenvalue weighted by Gasteiger charge is -2.24. The average molecular weight is 530 g/mol. The summed E-state index contributed by atoms with van der Waals surface area (Å²) in [5.41, 5.74) is 6.26. The van der Waals surface area contributed by atoms with Crippen LogP contribution in [0.4, 0.5) is 10.5 Å². The number of aliphatic hydroxyl groups excluding tert-OH is 1. The molecule has 1 aliphatic heterocycles. The van der Waals surface area contributed by atoms with Gasteiger partial charge in [-0.1, -0.05) is 26.0 Å². The zero-order valence-electron chi connectivity index (χ0n) is 21.6. The van der Waals surface area contributed by atoms with Crippen LogP contribution in [0.15, 0.2) is 36.4 Å². The molecule has 0 radical (unpaired) electrons. The molecular formula is C26H35N5O7. The van der Waals surface area contributed by atoms with E-state index < -0.39 is 41.6 Å². The first-order valence-electron chi connectivity index (χ1n) is 12.4. The first-order valence-corrected chi connectivity index (χ1v) is 12.4. The molecule has 1 aromatic carbocycles. The summed E-state index contributed by atoms with van der Waals surface area (Å²) >= 11 is 0. The fourth-order valence-corrected chi connectivity index (χ4v) is 3.92. The van der Waals surface area contributed by atoms with Gasteiger partial charge in [0, 0.05) is 49.7 Å². The van der Waals surface area contributed by atoms with Crippen molar-refractivity contribution in [1.29, 1.82) is 0 Å². The Kier molecular flexibility index (Phi) is 11.6. The Morgan fingerprint density at radius 1 is 1.03 bits per heavy atom. The Labute approximate surface area is 221 Å². The van der Waals surface area contributed by atoms with E-state index in [4.69, 9.17) is 5.73 Å². The van der Waals surface area contributed by atoms with E-state index in [2.05, 4.69) is 16.0 Å². The van der Waals surface area contributed by atoms with E-state index >= 15 is 0 Å². The Balaban J connectivity index is 2.03. The maximum Gasteiger partial charge on any atom is 0.312 e. The third kappa shape index (κ3) is 9.43. The van der Waals surface area contributed by atoms with Gasteiger partial charge in [0.15, 0.2) is 5.78 Å². The maximum absolute atomic E-state index is 13.2. The number of urea groups is 1. The molecule has 6 amide bonds. The van der Waals surface area contributed by atoms with Crippen molar-refractivity contribution in [2.75, 3.05) is 18.4 Å². The lowest BCUT2D eigenvalue weighted by molar-refractivity contribution is -0.137. The molecule has 0 spiro atoms. The van der Waals surface area contributed by atoms with Gasteiger partial charge in [-0.3, -0.25) is 28.9 Å². The number of carbonyl (C=O) groups excluding carboxylic acids is 6. The van der Waals surface area contributed by atoms with Crippen molar-refractivity contribution < 1.29 is 33.9 Å². The molecule has 1 heterocycles. The number of amides is 6. The van der Waals surface area contributed by atoms with Gasteiger partial charge in [-0.05, 0) is 36.5 Å². The summed E-state index contributed by atoms with van der Waals surface area (Å²) in [6, 6.07) is 5.03. The van der Waals surface area contributed by atoms with Crippen molar-refractivity contribution in [2.45, 2.75) is 52.2 Å². The Hall–Kier alpha value is -4.06. The van der Waals surface area contributed by atoms with E-state index in [1.165, 1.54) is 0 Å². The number of nitrogens with one attached hydrogen (secondary N) is 3. The minimum Gasteiger partial charge on any atom is -0.392 e. The molecule has 0 saturated heterocycles. The maximum atomic E-state index is 13.2. The van der Waals surface area contributed by atoms with E-state index in [0.717, 1.165) is 17.1 Å². The van der Waals surface area contributed by atoms with Crippen LogP contribution in [0.1, 0.15) is 45.1 Å². The Morgan fingerprint density at radius 2 is 1.66 bits per heavy atom. The highest BCUT2D eigenvalue weighted by Crippen LogP contribution is 2.19. The minimum atomic E-state index is -0.881. The zero-order valence-corrected chi connectivity index (χ0v) is 21.6. The van der Waals surface area contributed by atoms with Crippen LogP contribution in [0, 0.1) is 11.8 Å². The number of aliphatic hydroxyl groups is 1. The van der Waals surface area contributed by atoms with Gasteiger partial charge in [-0.15, -0.1) is 0 Å². The summed E-state index contributed by atoms with van der Waals surface area (Å²) in [5, 5.41) is 17.1. The summed E-state index contributed by atoms with van der Waals surface area (Å²) in [6.45, 7) is 3.50. The Morgan fingerprint density at radius 3 is 2.21 bits per heavy atom. The summed E-state index contributed by atoms with van der Waals surface area (Å²) < 4.78 is 0. The van der Waals surface area contributed by atoms with E-state index in [1.54, 1.807) is 38.1 Å². The number of nitrogens with zero attached hydrogens (tertiary/aromatic N) is 1. The van der Waals surface area contributed by atoms with Gasteiger partial charge >= 0.3 is 6.03 Å². The molecule has 0 fully saturated rings. The van der Waals surface area contributed by atoms with E-state index in [0.29, 0.717) is 17.7 Å². The van der Waals surface area contributed by atoms with Gasteiger partial charge in [0.1, 0.15) is 0 Å². The van der Waals surface area contributed by atoms with Crippen LogP contribution in [0.3, 0.4) is 0 Å². The fraction of sp³-hybridized carbons (Fsp3) is 0.462. The number of carbonyl (C=O) groups is 6. The van der Waals surface area contributed by atoms with Crippen molar-refractivity contribution in [3.8, 4) is 0 Å². The molecule has 2 rings (SSSR count). The van der Waals surface area contributed by atoms with Crippen LogP contribution in [-0.4, -0.2) is 64.6 Å². The molecule has 0 aliphatic carbocycles. The fourth-order valence-electron chi connectivity index (χ4n) is 3.92. The molecule has 2 atom stereocenters. The number of imide groups is 1. The molecule has 38 heavy (non-hydrogen) atoms. The van der Waals surface area contributed by atoms with Gasteiger partial charge in [0.2, 0.25) is 11.8 Å². The molecule has 0 aromatic heterocycles. The predicted octanol–water partition coefficient (Wildman–Crippen LogP) is 0.597. The van der Waals surface area contributed by atoms with Crippen LogP contribution < -0.4 is 21.7 Å². The van der Waals surface area contributed by atoms with Crippen molar-refractivity contribution in [3.63, 3.8) is 0 Å². The number of hydrogen-bond acceptors (Lipinski definition) is 7. The SMILES string of the molecule is CC(C)[C@H](NC(=O)CCN1C(=O)C=CC1=O)C(=O)C[C@@H](CCCNC(N)=O)C(=O)Nc1ccc(CO)cc1. The van der Waals surface area contributed by atoms with Gasteiger partial charge < -0.3 is 26.8 Å². The molecule has 0 saturated carbocycles. The van der Waals surface area contributed by atoms with Gasteiger partial charge in [0.25, 0.3) is 11.8 Å². The third-order valence-corrected chi connectivity index (χ3v) is 6.04. The van der Waals surface area contributed by atoms with E-state index in [9.17, 15) is 33.9 Å². The molecular weight excluding hydrogens is 494 g/mol. The first kappa shape index (κ1) is 30.2. The molecule has 6 N–H and O–H groups in total. The first-order chi connectivity index (χ1) is 18.0. The van der Waals surface area contributed by atoms with Gasteiger partial charge in [-0.25, -0.2) is 4.79 Å². The second-order valence-corrected chi connectivity index (χ2v) is 9.35. The standard InChI is InChI=1S/C26H35N5O7/c1-16(2)24(30-21(34)11-13-31-22(35)9-10-23(31)36)20(33)14-18(4-3-12-28-26(27)38)25(37)29-19-7-5-17(15-32)6-8-19/h5-10,16,18,24,32H,3-4,11-15H2,1-2H3,(H,29,37)(H,30,34)(H3,27,28,38)/t18-,24+/m1/s1. The quantitative estimate of drug-likeness (QED) is 0.162. The number of rotatable bonds is 15. The van der Waals surface area contributed by atoms with Crippen LogP contribution in [0.25, 0.3) is 0 Å². The number of benzene rings is 1. The van der Waals surface area contributed by atoms with E-state index in [1.807, 2.05) is 0 Å². The highest BCUT2D eigenvalue weighted by Gasteiger charge is 2.30. The second-order valence-electron chi connectivity index (χ2n) is 9.35. The second kappa shape index (κ2) is 14.6. The lowest BCUT2D eigenvalue weighted by Crippen LogP contribution is -2.46. The molecule has 0 bridgehead atoms. The highest BCUT2D eigenvalue weighted by atomic mass is 16.3. The predicted molar refractivity (Wildman–Crippen MR) is 138 cm³/mol. The summed E-state index contributed by atoms with van der Waals surface area (Å²) in [6.07, 6.45) is 2.60. The molecule has 1 aliphatic rings. The van der Waals surface area contributed by atoms with Crippen LogP contribution in [0.2, 0.25) is 0 Å². The summed E-state index contributed by atoms with van der Waals surface area (Å²) in [4.78, 5) is 74.1. The number of primary amides is 1. The van der Waals surface area contributed by atoms with E-state index in [-0.39, 0.29) is 50.7 Å². The zero-order chi connectivity index (χ0) is 28.2. The molecule has 0 unspecified atom stereocenters. The smallest absolute Gasteiger partial charge is 0.312 e. The van der Waals surface area contributed by atoms with Crippen molar-refractivity contribution >= 4 is 41.1 Å². The summed E-state index contributed by atoms with van der Waals surface area (Å²) in [5.74, 6) is -3.27. The summed E-state index contributed by atoms with van der Waals surface area (Å²) in [7, 11) is 0. The van der Waals surface area contributed by atoms with Gasteiger partial charge in [0.05, 0.1) is 12.6 Å². The minimum absolute atomic E-state index is 0.109. The highest BCUT2D eigenvalue weighted by molar-refractivity contribution is 6.13. The van der Waals surface area contributed by atoms with Crippen molar-refractivity contribution in [3.05, 3.63) is 42.0 Å². The lowest BCUT2D eigenvalue weighted by atomic mass is 9.89. The Bertz CT molecular complexity index is 1050. The normalized spacial score (nSPS) is 14.4. The van der Waals surface area contributed by atoms with Crippen molar-refractivity contribution in [1.82, 2.24) is 15.5 Å². The number of anilines is 1. The average Bonchev–Trinajstić information content (AvgIpc) is 3.19. The number of hydrogen-bond donors (Lipinski definition) is 5. The monoisotopic (exact) mass is 529 g/mol. The topological polar surface area (TPSA) is 188 Å². The van der Waals surface area contributed by atoms with Crippen molar-refractivity contribution in [2.24, 2.45) is 17.6 Å². The van der Waals surface area contributed by atoms with Gasteiger partial charge in [-0.2, -0.15) is 0 Å². The number of ketones is 1. The van der Waals surface area contributed by atoms with Crippen LogP contribution >= 0.6 is 0 Å². The number of nitrogens with two attached hydrogens (primary N) is 1. The molecule has 1 aromatic rings. The molecule has 12 heteroatoms. The molecule has 206 valence electrons. The third-order valence-electron chi connectivity index (χ3n) is 6.04. The van der Waals surface area contributed by atoms with Crippen LogP contribution in [0.5, 0.6) is 0 Å². The molecule has 12 nitrogen and oxygen atoms in total. The number of Topliss-reactive ketones (excluding diaryl/α,β-unsaturated/α-hetero) is 1. The van der Waals surface area contributed by atoms with Crippen LogP contribution in [-0.2, 0) is 30.6 Å².